The van der Waals surface area contributed by atoms with Crippen LogP contribution in [0, 0.1) is 5.92 Å². The van der Waals surface area contributed by atoms with Crippen molar-refractivity contribution in [2.24, 2.45) is 11.7 Å². The number of urea groups is 1. The second-order valence-corrected chi connectivity index (χ2v) is 6.59. The molecule has 0 spiro atoms. The normalized spacial score (nSPS) is 23.5. The molecule has 0 heterocycles. The van der Waals surface area contributed by atoms with Crippen LogP contribution >= 0.6 is 0 Å². The molecule has 3 aliphatic rings. The number of nitrogens with one attached hydrogen (secondary N) is 1. The van der Waals surface area contributed by atoms with E-state index in [2.05, 4.69) is 5.32 Å². The van der Waals surface area contributed by atoms with Crippen LogP contribution in [0.3, 0.4) is 0 Å². The Morgan fingerprint density at radius 3 is 2.58 bits per heavy atom. The number of nitrogens with zero attached hydrogens (tertiary/aromatic N) is 1. The van der Waals surface area contributed by atoms with Gasteiger partial charge in [-0.05, 0) is 42.9 Å². The van der Waals surface area contributed by atoms with Crippen molar-refractivity contribution in [3.63, 3.8) is 0 Å². The van der Waals surface area contributed by atoms with Gasteiger partial charge in [-0.3, -0.25) is 4.79 Å². The summed E-state index contributed by atoms with van der Waals surface area (Å²) in [4.78, 5) is 36.9. The van der Waals surface area contributed by atoms with Crippen LogP contribution in [-0.4, -0.2) is 42.0 Å². The Morgan fingerprint density at radius 2 is 2.04 bits per heavy atom. The van der Waals surface area contributed by atoms with Crippen molar-refractivity contribution >= 4 is 17.9 Å². The fourth-order valence-corrected chi connectivity index (χ4v) is 3.64. The Morgan fingerprint density at radius 1 is 1.33 bits per heavy atom. The van der Waals surface area contributed by atoms with Gasteiger partial charge in [0.05, 0.1) is 19.2 Å². The average Bonchev–Trinajstić information content (AvgIpc) is 2.48. The van der Waals surface area contributed by atoms with Crippen LogP contribution in [0.4, 0.5) is 4.79 Å². The van der Waals surface area contributed by atoms with Gasteiger partial charge in [-0.2, -0.15) is 0 Å². The van der Waals surface area contributed by atoms with Gasteiger partial charge in [-0.15, -0.1) is 0 Å². The second kappa shape index (κ2) is 6.14. The lowest BCUT2D eigenvalue weighted by Crippen LogP contribution is -2.70. The first-order chi connectivity index (χ1) is 11.4. The monoisotopic (exact) mass is 331 g/mol. The molecular formula is C17H21N3O4. The molecule has 1 aromatic rings. The molecule has 3 saturated carbocycles. The van der Waals surface area contributed by atoms with E-state index >= 15 is 0 Å². The van der Waals surface area contributed by atoms with E-state index in [0.717, 1.165) is 24.8 Å². The SMILES string of the molecule is COC(=O)c1cccc(CN(C(=O)CNC(N)=O)C23CC(C2)C3)c1. The number of ether oxygens (including phenoxy) is 1. The van der Waals surface area contributed by atoms with Crippen molar-refractivity contribution in [3.05, 3.63) is 35.4 Å². The zero-order valence-corrected chi connectivity index (χ0v) is 13.6. The summed E-state index contributed by atoms with van der Waals surface area (Å²) in [6.07, 6.45) is 3.02. The molecule has 3 amide bonds. The summed E-state index contributed by atoms with van der Waals surface area (Å²) < 4.78 is 4.74. The highest BCUT2D eigenvalue weighted by Gasteiger charge is 2.60. The van der Waals surface area contributed by atoms with Crippen LogP contribution in [0.25, 0.3) is 0 Å². The molecule has 0 saturated heterocycles. The quantitative estimate of drug-likeness (QED) is 0.760. The lowest BCUT2D eigenvalue weighted by atomic mass is 9.49. The maximum Gasteiger partial charge on any atom is 0.337 e. The molecule has 128 valence electrons. The molecule has 1 aromatic carbocycles. The number of hydrogen-bond donors (Lipinski definition) is 2. The Hall–Kier alpha value is -2.57. The standard InChI is InChI=1S/C17H21N3O4/c1-24-15(22)13-4-2-3-11(5-13)10-20(14(21)9-19-16(18)23)17-6-12(7-17)8-17/h2-5,12H,6-10H2,1H3,(H3,18,19,23). The minimum Gasteiger partial charge on any atom is -0.465 e. The van der Waals surface area contributed by atoms with Gasteiger partial charge in [-0.25, -0.2) is 9.59 Å². The summed E-state index contributed by atoms with van der Waals surface area (Å²) in [7, 11) is 1.34. The van der Waals surface area contributed by atoms with E-state index in [4.69, 9.17) is 10.5 Å². The Bertz CT molecular complexity index is 671. The van der Waals surface area contributed by atoms with Crippen LogP contribution in [0.2, 0.25) is 0 Å². The fraction of sp³-hybridized carbons (Fsp3) is 0.471. The minimum absolute atomic E-state index is 0.0949. The topological polar surface area (TPSA) is 102 Å². The zero-order chi connectivity index (χ0) is 17.3. The summed E-state index contributed by atoms with van der Waals surface area (Å²) in [5, 5.41) is 2.36. The van der Waals surface area contributed by atoms with Gasteiger partial charge >= 0.3 is 12.0 Å². The Labute approximate surface area is 140 Å². The predicted octanol–water partition coefficient (Wildman–Crippen LogP) is 1.02. The summed E-state index contributed by atoms with van der Waals surface area (Å²) >= 11 is 0. The van der Waals surface area contributed by atoms with Gasteiger partial charge < -0.3 is 20.7 Å². The first-order valence-corrected chi connectivity index (χ1v) is 7.94. The summed E-state index contributed by atoms with van der Waals surface area (Å²) in [6.45, 7) is 0.287. The highest BCUT2D eigenvalue weighted by atomic mass is 16.5. The first-order valence-electron chi connectivity index (χ1n) is 7.94. The van der Waals surface area contributed by atoms with Gasteiger partial charge in [0.2, 0.25) is 5.91 Å². The van der Waals surface area contributed by atoms with Gasteiger partial charge in [0.15, 0.2) is 0 Å². The van der Waals surface area contributed by atoms with E-state index < -0.39 is 12.0 Å². The Balaban J connectivity index is 1.76. The third-order valence-corrected chi connectivity index (χ3v) is 4.98. The lowest BCUT2D eigenvalue weighted by Gasteiger charge is -2.66. The fourth-order valence-electron chi connectivity index (χ4n) is 3.64. The number of methoxy groups -OCH3 is 1. The van der Waals surface area contributed by atoms with Gasteiger partial charge in [0.1, 0.15) is 0 Å². The molecule has 3 fully saturated rings. The summed E-state index contributed by atoms with van der Waals surface area (Å²) in [6, 6.07) is 6.35. The van der Waals surface area contributed by atoms with Gasteiger partial charge in [0.25, 0.3) is 0 Å². The van der Waals surface area contributed by atoms with E-state index in [9.17, 15) is 14.4 Å². The van der Waals surface area contributed by atoms with Crippen molar-refractivity contribution in [1.29, 1.82) is 0 Å². The van der Waals surface area contributed by atoms with Crippen molar-refractivity contribution in [2.75, 3.05) is 13.7 Å². The van der Waals surface area contributed by atoms with Gasteiger partial charge in [-0.1, -0.05) is 12.1 Å². The largest absolute Gasteiger partial charge is 0.465 e. The Kier molecular flexibility index (Phi) is 4.17. The zero-order valence-electron chi connectivity index (χ0n) is 13.6. The molecule has 7 heteroatoms. The molecule has 0 radical (unpaired) electrons. The van der Waals surface area contributed by atoms with Crippen LogP contribution in [-0.2, 0) is 16.1 Å². The number of carbonyl (C=O) groups excluding carboxylic acids is 3. The van der Waals surface area contributed by atoms with Crippen LogP contribution in [0.1, 0.15) is 35.2 Å². The van der Waals surface area contributed by atoms with E-state index in [1.807, 2.05) is 11.0 Å². The van der Waals surface area contributed by atoms with E-state index in [-0.39, 0.29) is 18.0 Å². The smallest absolute Gasteiger partial charge is 0.337 e. The minimum atomic E-state index is -0.714. The number of primary amides is 1. The summed E-state index contributed by atoms with van der Waals surface area (Å²) in [5.41, 5.74) is 6.27. The van der Waals surface area contributed by atoms with Crippen LogP contribution in [0.5, 0.6) is 0 Å². The highest BCUT2D eigenvalue weighted by molar-refractivity contribution is 5.89. The molecule has 3 N–H and O–H groups in total. The molecule has 0 aromatic heterocycles. The molecule has 4 rings (SSSR count). The average molecular weight is 331 g/mol. The molecular weight excluding hydrogens is 310 g/mol. The maximum atomic E-state index is 12.6. The van der Waals surface area contributed by atoms with Crippen LogP contribution in [0.15, 0.2) is 24.3 Å². The molecule has 3 aliphatic carbocycles. The number of nitrogens with two attached hydrogens (primary N) is 1. The first kappa shape index (κ1) is 16.3. The second-order valence-electron chi connectivity index (χ2n) is 6.59. The molecule has 7 nitrogen and oxygen atoms in total. The molecule has 0 unspecified atom stereocenters. The van der Waals surface area contributed by atoms with Gasteiger partial charge in [0, 0.05) is 12.1 Å². The van der Waals surface area contributed by atoms with Crippen molar-refractivity contribution in [1.82, 2.24) is 10.2 Å². The number of rotatable bonds is 6. The van der Waals surface area contributed by atoms with Crippen LogP contribution < -0.4 is 11.1 Å². The number of amides is 3. The predicted molar refractivity (Wildman–Crippen MR) is 86.0 cm³/mol. The van der Waals surface area contributed by atoms with E-state index in [1.54, 1.807) is 18.2 Å². The number of hydrogen-bond acceptors (Lipinski definition) is 4. The third-order valence-electron chi connectivity index (χ3n) is 4.98. The number of carbonyl (C=O) groups is 3. The lowest BCUT2D eigenvalue weighted by molar-refractivity contribution is -0.173. The maximum absolute atomic E-state index is 12.6. The number of esters is 1. The van der Waals surface area contributed by atoms with Crippen molar-refractivity contribution in [2.45, 2.75) is 31.3 Å². The molecule has 24 heavy (non-hydrogen) atoms. The van der Waals surface area contributed by atoms with E-state index in [1.165, 1.54) is 7.11 Å². The molecule has 0 aliphatic heterocycles. The van der Waals surface area contributed by atoms with Crippen molar-refractivity contribution < 1.29 is 19.1 Å². The van der Waals surface area contributed by atoms with Crippen molar-refractivity contribution in [3.8, 4) is 0 Å². The highest BCUT2D eigenvalue weighted by Crippen LogP contribution is 2.60. The third kappa shape index (κ3) is 2.93. The molecule has 2 bridgehead atoms. The van der Waals surface area contributed by atoms with E-state index in [0.29, 0.717) is 18.0 Å². The number of benzene rings is 1. The molecule has 0 atom stereocenters. The summed E-state index contributed by atoms with van der Waals surface area (Å²) in [5.74, 6) is 0.150.